The maximum Gasteiger partial charge on any atom is 0.339 e. The predicted octanol–water partition coefficient (Wildman–Crippen LogP) is 0.504. The third-order valence-electron chi connectivity index (χ3n) is 5.37. The molecule has 4 rings (SSSR count). The van der Waals surface area contributed by atoms with Gasteiger partial charge in [-0.25, -0.2) is 4.79 Å². The fraction of sp³-hybridized carbons (Fsp3) is 0.526. The van der Waals surface area contributed by atoms with Crippen LogP contribution >= 0.6 is 11.6 Å². The van der Waals surface area contributed by atoms with Crippen LogP contribution in [0.25, 0.3) is 11.0 Å². The maximum atomic E-state index is 12.3. The smallest absolute Gasteiger partial charge is 0.339 e. The third kappa shape index (κ3) is 3.30. The predicted molar refractivity (Wildman–Crippen MR) is 98.5 cm³/mol. The summed E-state index contributed by atoms with van der Waals surface area (Å²) >= 11 is 6.34. The Morgan fingerprint density at radius 3 is 2.50 bits per heavy atom. The highest BCUT2D eigenvalue weighted by Gasteiger charge is 2.44. The molecule has 1 saturated heterocycles. The minimum Gasteiger partial charge on any atom is -0.460 e. The lowest BCUT2D eigenvalue weighted by Gasteiger charge is -2.39. The molecule has 0 amide bonds. The molecule has 1 fully saturated rings. The van der Waals surface area contributed by atoms with Crippen molar-refractivity contribution in [1.29, 1.82) is 0 Å². The molecule has 2 aliphatic rings. The molecule has 8 nitrogen and oxygen atoms in total. The van der Waals surface area contributed by atoms with E-state index in [-0.39, 0.29) is 16.4 Å². The average Bonchev–Trinajstić information content (AvgIpc) is 2.70. The summed E-state index contributed by atoms with van der Waals surface area (Å²) in [6, 6.07) is 3.08. The van der Waals surface area contributed by atoms with E-state index in [1.807, 2.05) is 0 Å². The van der Waals surface area contributed by atoms with E-state index in [0.29, 0.717) is 17.6 Å². The van der Waals surface area contributed by atoms with Crippen LogP contribution in [0.15, 0.2) is 21.3 Å². The second-order valence-corrected chi connectivity index (χ2v) is 7.55. The highest BCUT2D eigenvalue weighted by atomic mass is 35.5. The van der Waals surface area contributed by atoms with E-state index in [1.54, 1.807) is 6.07 Å². The molecule has 5 atom stereocenters. The highest BCUT2D eigenvalue weighted by Crippen LogP contribution is 2.36. The van der Waals surface area contributed by atoms with Gasteiger partial charge in [0.05, 0.1) is 11.6 Å². The van der Waals surface area contributed by atoms with E-state index in [2.05, 4.69) is 0 Å². The first-order valence-electron chi connectivity index (χ1n) is 9.16. The maximum absolute atomic E-state index is 12.3. The molecule has 1 aromatic carbocycles. The second-order valence-electron chi connectivity index (χ2n) is 7.15. The molecule has 1 aliphatic heterocycles. The molecular formula is C19H21ClO8. The van der Waals surface area contributed by atoms with Crippen LogP contribution in [0.2, 0.25) is 5.02 Å². The minimum atomic E-state index is -1.57. The van der Waals surface area contributed by atoms with Gasteiger partial charge < -0.3 is 34.3 Å². The Hall–Kier alpha value is -1.68. The van der Waals surface area contributed by atoms with Crippen LogP contribution in [0, 0.1) is 0 Å². The van der Waals surface area contributed by atoms with Crippen molar-refractivity contribution in [3.05, 3.63) is 38.7 Å². The number of fused-ring (bicyclic) bond motifs is 3. The Morgan fingerprint density at radius 1 is 1.07 bits per heavy atom. The molecular weight excluding hydrogens is 392 g/mol. The first kappa shape index (κ1) is 19.6. The van der Waals surface area contributed by atoms with Crippen molar-refractivity contribution >= 4 is 22.6 Å². The van der Waals surface area contributed by atoms with Crippen LogP contribution in [0.1, 0.15) is 24.0 Å². The number of rotatable bonds is 3. The first-order valence-corrected chi connectivity index (χ1v) is 9.53. The third-order valence-corrected chi connectivity index (χ3v) is 5.66. The monoisotopic (exact) mass is 412 g/mol. The van der Waals surface area contributed by atoms with Gasteiger partial charge in [0.15, 0.2) is 0 Å². The number of halogens is 1. The second kappa shape index (κ2) is 7.62. The van der Waals surface area contributed by atoms with Crippen LogP contribution in [0.5, 0.6) is 5.75 Å². The zero-order valence-electron chi connectivity index (χ0n) is 14.9. The molecule has 2 aromatic rings. The van der Waals surface area contributed by atoms with Gasteiger partial charge in [0.25, 0.3) is 0 Å². The summed E-state index contributed by atoms with van der Waals surface area (Å²) in [5.74, 6) is 0.0809. The molecule has 1 aliphatic carbocycles. The van der Waals surface area contributed by atoms with E-state index >= 15 is 0 Å². The molecule has 0 bridgehead atoms. The average molecular weight is 413 g/mol. The van der Waals surface area contributed by atoms with Crippen LogP contribution in [0.4, 0.5) is 0 Å². The zero-order chi connectivity index (χ0) is 20.0. The van der Waals surface area contributed by atoms with Gasteiger partial charge in [-0.15, -0.1) is 0 Å². The van der Waals surface area contributed by atoms with Crippen LogP contribution in [-0.2, 0) is 17.6 Å². The normalized spacial score (nSPS) is 30.2. The van der Waals surface area contributed by atoms with E-state index in [9.17, 15) is 25.2 Å². The fourth-order valence-electron chi connectivity index (χ4n) is 3.82. The number of hydrogen-bond acceptors (Lipinski definition) is 8. The molecule has 2 heterocycles. The van der Waals surface area contributed by atoms with Gasteiger partial charge in [-0.3, -0.25) is 0 Å². The van der Waals surface area contributed by atoms with Crippen LogP contribution < -0.4 is 10.4 Å². The number of aliphatic hydroxyl groups excluding tert-OH is 4. The Morgan fingerprint density at radius 2 is 1.79 bits per heavy atom. The van der Waals surface area contributed by atoms with Crippen molar-refractivity contribution in [3.8, 4) is 5.75 Å². The number of aryl methyl sites for hydroxylation is 1. The molecule has 0 unspecified atom stereocenters. The molecule has 152 valence electrons. The van der Waals surface area contributed by atoms with E-state index < -0.39 is 37.3 Å². The SMILES string of the molecule is O=c1oc2cc(O[C@H]3O[C@H](CO)[C@@H](O)[C@H](O)[C@H]3O)c(Cl)cc2c2c1CCCC2. The van der Waals surface area contributed by atoms with Crippen molar-refractivity contribution < 1.29 is 34.3 Å². The van der Waals surface area contributed by atoms with E-state index in [4.69, 9.17) is 25.5 Å². The van der Waals surface area contributed by atoms with Gasteiger partial charge in [-0.05, 0) is 37.3 Å². The zero-order valence-corrected chi connectivity index (χ0v) is 15.6. The number of ether oxygens (including phenoxy) is 2. The summed E-state index contributed by atoms with van der Waals surface area (Å²) in [6.45, 7) is -0.572. The molecule has 1 aromatic heterocycles. The molecule has 0 radical (unpaired) electrons. The lowest BCUT2D eigenvalue weighted by Crippen LogP contribution is -2.60. The lowest BCUT2D eigenvalue weighted by molar-refractivity contribution is -0.277. The van der Waals surface area contributed by atoms with Gasteiger partial charge in [-0.1, -0.05) is 11.6 Å². The molecule has 28 heavy (non-hydrogen) atoms. The van der Waals surface area contributed by atoms with Gasteiger partial charge in [0, 0.05) is 17.0 Å². The van der Waals surface area contributed by atoms with Crippen molar-refractivity contribution in [2.75, 3.05) is 6.61 Å². The molecule has 0 saturated carbocycles. The summed E-state index contributed by atoms with van der Waals surface area (Å²) < 4.78 is 16.4. The highest BCUT2D eigenvalue weighted by molar-refractivity contribution is 6.32. The van der Waals surface area contributed by atoms with Gasteiger partial charge in [-0.2, -0.15) is 0 Å². The molecule has 9 heteroatoms. The Labute approximate surface area is 164 Å². The van der Waals surface area contributed by atoms with E-state index in [0.717, 1.165) is 30.2 Å². The van der Waals surface area contributed by atoms with Crippen molar-refractivity contribution in [2.45, 2.75) is 56.4 Å². The van der Waals surface area contributed by atoms with Gasteiger partial charge >= 0.3 is 5.63 Å². The van der Waals surface area contributed by atoms with Crippen LogP contribution in [-0.4, -0.2) is 57.7 Å². The standard InChI is InChI=1S/C19H21ClO8/c20-11-5-10-8-3-1-2-4-9(8)18(25)26-12(10)6-13(11)27-19-17(24)16(23)15(22)14(7-21)28-19/h5-6,14-17,19,21-24H,1-4,7H2/t14-,15-,16+,17-,19+/m1/s1. The number of aliphatic hydroxyl groups is 4. The quantitative estimate of drug-likeness (QED) is 0.536. The largest absolute Gasteiger partial charge is 0.460 e. The summed E-state index contributed by atoms with van der Waals surface area (Å²) in [7, 11) is 0. The first-order chi connectivity index (χ1) is 13.4. The summed E-state index contributed by atoms with van der Waals surface area (Å²) in [4.78, 5) is 12.3. The molecule has 0 spiro atoms. The Bertz CT molecular complexity index is 940. The van der Waals surface area contributed by atoms with Crippen molar-refractivity contribution in [1.82, 2.24) is 0 Å². The topological polar surface area (TPSA) is 130 Å². The van der Waals surface area contributed by atoms with Gasteiger partial charge in [0.1, 0.15) is 35.7 Å². The molecule has 4 N–H and O–H groups in total. The Balaban J connectivity index is 1.70. The van der Waals surface area contributed by atoms with Gasteiger partial charge in [0.2, 0.25) is 6.29 Å². The van der Waals surface area contributed by atoms with E-state index in [1.165, 1.54) is 6.07 Å². The van der Waals surface area contributed by atoms with Crippen molar-refractivity contribution in [2.24, 2.45) is 0 Å². The Kier molecular flexibility index (Phi) is 5.34. The fourth-order valence-corrected chi connectivity index (χ4v) is 4.03. The number of hydrogen-bond donors (Lipinski definition) is 4. The summed E-state index contributed by atoms with van der Waals surface area (Å²) in [6.07, 6.45) is -3.75. The minimum absolute atomic E-state index is 0.0809. The lowest BCUT2D eigenvalue weighted by atomic mass is 9.90. The summed E-state index contributed by atoms with van der Waals surface area (Å²) in [5.41, 5.74) is 1.52. The van der Waals surface area contributed by atoms with Crippen LogP contribution in [0.3, 0.4) is 0 Å². The van der Waals surface area contributed by atoms with Crippen molar-refractivity contribution in [3.63, 3.8) is 0 Å². The number of benzene rings is 1. The summed E-state index contributed by atoms with van der Waals surface area (Å²) in [5, 5.41) is 40.1.